The molecule has 230 valence electrons. The van der Waals surface area contributed by atoms with Gasteiger partial charge in [0.2, 0.25) is 0 Å². The van der Waals surface area contributed by atoms with Crippen LogP contribution < -0.4 is 0 Å². The number of dihydropyridines is 2. The molecule has 5 heterocycles. The number of rotatable bonds is 4. The van der Waals surface area contributed by atoms with E-state index in [9.17, 15) is 10.5 Å². The number of nitriles is 2. The van der Waals surface area contributed by atoms with E-state index < -0.39 is 0 Å². The Morgan fingerprint density at radius 1 is 0.714 bits per heavy atom. The first-order valence-electron chi connectivity index (χ1n) is 16.2. The molecular weight excluding hydrogens is 621 g/mol. The minimum absolute atomic E-state index is 0.124. The standard InChI is InChI=1S/C42H26N6S/c43-23-27-19-25(15-17-45-27)35-10-5-12-37(47-35)41-30-8-1-2-9-31(30)42(38-13-6-11-36(48-38)26-16-18-46-28(20-26)24-44)34-22-40-32(21-33(34)41)29-7-3-4-14-39(29)49-40/h1-10,12-14,16,18-22,36H,11,15,17H2. The summed E-state index contributed by atoms with van der Waals surface area (Å²) in [5.41, 5.74) is 7.65. The van der Waals surface area contributed by atoms with Crippen LogP contribution in [-0.2, 0) is 0 Å². The number of allylic oxidation sites excluding steroid dienone is 2. The topological polar surface area (TPSA) is 98.1 Å². The Labute approximate surface area is 286 Å². The van der Waals surface area contributed by atoms with Gasteiger partial charge in [0.15, 0.2) is 0 Å². The summed E-state index contributed by atoms with van der Waals surface area (Å²) in [5.74, 6) is 0. The maximum Gasteiger partial charge on any atom is 0.140 e. The summed E-state index contributed by atoms with van der Waals surface area (Å²) in [6.45, 7) is 0.582. The first-order chi connectivity index (χ1) is 24.2. The number of nitrogens with zero attached hydrogens (tertiary/aromatic N) is 6. The van der Waals surface area contributed by atoms with E-state index in [0.717, 1.165) is 73.7 Å². The van der Waals surface area contributed by atoms with Gasteiger partial charge in [-0.25, -0.2) is 9.97 Å². The highest BCUT2D eigenvalue weighted by atomic mass is 32.1. The monoisotopic (exact) mass is 646 g/mol. The quantitative estimate of drug-likeness (QED) is 0.178. The van der Waals surface area contributed by atoms with E-state index in [1.165, 1.54) is 20.2 Å². The Morgan fingerprint density at radius 3 is 2.37 bits per heavy atom. The highest BCUT2D eigenvalue weighted by Gasteiger charge is 2.23. The van der Waals surface area contributed by atoms with Crippen molar-refractivity contribution in [3.63, 3.8) is 0 Å². The van der Waals surface area contributed by atoms with Crippen molar-refractivity contribution in [3.8, 4) is 23.4 Å². The van der Waals surface area contributed by atoms with Crippen LogP contribution in [0.2, 0.25) is 0 Å². The van der Waals surface area contributed by atoms with Crippen LogP contribution in [0.25, 0.3) is 58.5 Å². The fourth-order valence-corrected chi connectivity index (χ4v) is 8.32. The van der Waals surface area contributed by atoms with Crippen LogP contribution in [0.5, 0.6) is 0 Å². The van der Waals surface area contributed by atoms with Gasteiger partial charge in [-0.1, -0.05) is 54.6 Å². The number of hydrogen-bond acceptors (Lipinski definition) is 7. The SMILES string of the molecule is N#CC1=NCCC(c2cccc(-c3c4ccccc4c(C4=NC(c5ccnc(C#N)c5)CC=C4)c4cc5sc6ccccc6c5cc34)n2)=C1. The molecule has 0 N–H and O–H groups in total. The van der Waals surface area contributed by atoms with E-state index in [2.05, 4.69) is 107 Å². The molecule has 6 nitrogen and oxygen atoms in total. The van der Waals surface area contributed by atoms with E-state index in [-0.39, 0.29) is 6.04 Å². The van der Waals surface area contributed by atoms with Crippen LogP contribution >= 0.6 is 11.3 Å². The summed E-state index contributed by atoms with van der Waals surface area (Å²) in [6, 6.07) is 36.0. The van der Waals surface area contributed by atoms with Gasteiger partial charge in [-0.05, 0) is 100 Å². The summed E-state index contributed by atoms with van der Waals surface area (Å²) in [5, 5.41) is 25.9. The zero-order valence-electron chi connectivity index (χ0n) is 26.3. The van der Waals surface area contributed by atoms with Gasteiger partial charge in [0.1, 0.15) is 23.5 Å². The van der Waals surface area contributed by atoms with Crippen LogP contribution in [0.3, 0.4) is 0 Å². The van der Waals surface area contributed by atoms with Crippen LogP contribution in [-0.4, -0.2) is 27.9 Å². The minimum atomic E-state index is -0.124. The summed E-state index contributed by atoms with van der Waals surface area (Å²) in [7, 11) is 0. The molecule has 2 aliphatic heterocycles. The first kappa shape index (κ1) is 28.9. The minimum Gasteiger partial charge on any atom is -0.276 e. The summed E-state index contributed by atoms with van der Waals surface area (Å²) < 4.78 is 2.47. The third-order valence-corrected chi connectivity index (χ3v) is 10.5. The lowest BCUT2D eigenvalue weighted by atomic mass is 9.86. The van der Waals surface area contributed by atoms with Crippen molar-refractivity contribution in [2.75, 3.05) is 6.54 Å². The van der Waals surface area contributed by atoms with Crippen molar-refractivity contribution in [2.45, 2.75) is 18.9 Å². The number of fused-ring (bicyclic) bond motifs is 5. The lowest BCUT2D eigenvalue weighted by Gasteiger charge is -2.21. The first-order valence-corrected chi connectivity index (χ1v) is 17.0. The molecule has 0 bridgehead atoms. The molecule has 9 rings (SSSR count). The van der Waals surface area contributed by atoms with E-state index in [1.54, 1.807) is 6.20 Å². The second-order valence-corrected chi connectivity index (χ2v) is 13.3. The third kappa shape index (κ3) is 4.92. The largest absolute Gasteiger partial charge is 0.276 e. The highest BCUT2D eigenvalue weighted by molar-refractivity contribution is 7.25. The number of aromatic nitrogens is 2. The number of benzene rings is 4. The van der Waals surface area contributed by atoms with Crippen LogP contribution in [0.1, 0.15) is 41.4 Å². The highest BCUT2D eigenvalue weighted by Crippen LogP contribution is 2.45. The molecule has 0 fully saturated rings. The predicted octanol–water partition coefficient (Wildman–Crippen LogP) is 9.93. The molecule has 0 saturated carbocycles. The van der Waals surface area contributed by atoms with Crippen LogP contribution in [0.4, 0.5) is 0 Å². The lowest BCUT2D eigenvalue weighted by Crippen LogP contribution is -2.09. The van der Waals surface area contributed by atoms with Crippen molar-refractivity contribution in [3.05, 3.63) is 138 Å². The van der Waals surface area contributed by atoms with E-state index in [0.29, 0.717) is 18.0 Å². The van der Waals surface area contributed by atoms with Gasteiger partial charge in [-0.3, -0.25) is 9.98 Å². The summed E-state index contributed by atoms with van der Waals surface area (Å²) in [6.07, 6.45) is 9.37. The smallest absolute Gasteiger partial charge is 0.140 e. The molecule has 0 spiro atoms. The molecule has 1 atom stereocenters. The van der Waals surface area contributed by atoms with Crippen molar-refractivity contribution in [1.29, 1.82) is 10.5 Å². The third-order valence-electron chi connectivity index (χ3n) is 9.41. The van der Waals surface area contributed by atoms with Gasteiger partial charge in [0.25, 0.3) is 0 Å². The lowest BCUT2D eigenvalue weighted by molar-refractivity contribution is 0.735. The predicted molar refractivity (Wildman–Crippen MR) is 200 cm³/mol. The van der Waals surface area contributed by atoms with Gasteiger partial charge in [-0.15, -0.1) is 11.3 Å². The summed E-state index contributed by atoms with van der Waals surface area (Å²) >= 11 is 1.81. The van der Waals surface area contributed by atoms with Gasteiger partial charge in [-0.2, -0.15) is 10.5 Å². The Kier molecular flexibility index (Phi) is 6.93. The molecule has 49 heavy (non-hydrogen) atoms. The second kappa shape index (κ2) is 11.8. The normalized spacial score (nSPS) is 16.0. The maximum absolute atomic E-state index is 9.53. The molecule has 7 aromatic rings. The summed E-state index contributed by atoms with van der Waals surface area (Å²) in [4.78, 5) is 19.1. The molecule has 0 saturated heterocycles. The average molecular weight is 647 g/mol. The molecule has 1 unspecified atom stereocenters. The number of hydrogen-bond donors (Lipinski definition) is 0. The maximum atomic E-state index is 9.53. The number of thiophene rings is 1. The van der Waals surface area contributed by atoms with Crippen LogP contribution in [0.15, 0.2) is 125 Å². The molecule has 7 heteroatoms. The molecule has 0 amide bonds. The van der Waals surface area contributed by atoms with Gasteiger partial charge >= 0.3 is 0 Å². The van der Waals surface area contributed by atoms with E-state index in [4.69, 9.17) is 9.98 Å². The Hall–Kier alpha value is -6.28. The van der Waals surface area contributed by atoms with Gasteiger partial charge in [0, 0.05) is 44.0 Å². The van der Waals surface area contributed by atoms with E-state index >= 15 is 0 Å². The van der Waals surface area contributed by atoms with Gasteiger partial charge in [0.05, 0.1) is 23.1 Å². The van der Waals surface area contributed by atoms with Crippen molar-refractivity contribution in [1.82, 2.24) is 9.97 Å². The van der Waals surface area contributed by atoms with Crippen LogP contribution in [0, 0.1) is 22.7 Å². The average Bonchev–Trinajstić information content (AvgIpc) is 3.53. The fourth-order valence-electron chi connectivity index (χ4n) is 7.19. The van der Waals surface area contributed by atoms with E-state index in [1.807, 2.05) is 35.6 Å². The van der Waals surface area contributed by atoms with Crippen molar-refractivity contribution in [2.24, 2.45) is 9.98 Å². The Balaban J connectivity index is 1.35. The molecule has 0 aliphatic carbocycles. The number of aliphatic imine (C=N–C) groups is 2. The zero-order valence-corrected chi connectivity index (χ0v) is 27.1. The molecule has 3 aromatic heterocycles. The second-order valence-electron chi connectivity index (χ2n) is 12.2. The zero-order chi connectivity index (χ0) is 32.9. The van der Waals surface area contributed by atoms with Crippen molar-refractivity contribution >= 4 is 70.1 Å². The Bertz CT molecular complexity index is 2730. The molecule has 0 radical (unpaired) electrons. The Morgan fingerprint density at radius 2 is 1.51 bits per heavy atom. The van der Waals surface area contributed by atoms with Crippen molar-refractivity contribution < 1.29 is 0 Å². The molecule has 4 aromatic carbocycles. The molecular formula is C42H26N6S. The molecule has 2 aliphatic rings. The fraction of sp³-hybridized carbons (Fsp3) is 0.0952. The number of pyridine rings is 2. The van der Waals surface area contributed by atoms with Gasteiger partial charge < -0.3 is 0 Å².